The van der Waals surface area contributed by atoms with Crippen LogP contribution in [0, 0.1) is 0 Å². The Morgan fingerprint density at radius 1 is 1.07 bits per heavy atom. The summed E-state index contributed by atoms with van der Waals surface area (Å²) in [6, 6.07) is 5.11. The number of hydrogen-bond donors (Lipinski definition) is 0. The number of nitrogens with zero attached hydrogens (tertiary/aromatic N) is 5. The van der Waals surface area contributed by atoms with E-state index < -0.39 is 0 Å². The van der Waals surface area contributed by atoms with Crippen LogP contribution in [-0.4, -0.2) is 52.9 Å². The molecule has 8 nitrogen and oxygen atoms in total. The van der Waals surface area contributed by atoms with E-state index in [1.54, 1.807) is 41.8 Å². The minimum atomic E-state index is -0.251. The van der Waals surface area contributed by atoms with E-state index in [0.717, 1.165) is 0 Å². The first-order chi connectivity index (χ1) is 13.8. The molecule has 0 unspecified atom stereocenters. The summed E-state index contributed by atoms with van der Waals surface area (Å²) in [5.74, 6) is 0.575. The van der Waals surface area contributed by atoms with E-state index in [4.69, 9.17) is 44.0 Å². The fourth-order valence-electron chi connectivity index (χ4n) is 2.95. The smallest absolute Gasteiger partial charge is 0.276 e. The first-order valence-corrected chi connectivity index (χ1v) is 9.68. The summed E-state index contributed by atoms with van der Waals surface area (Å²) in [5.41, 5.74) is 1.62. The topological polar surface area (TPSA) is 76.6 Å². The van der Waals surface area contributed by atoms with Gasteiger partial charge in [-0.1, -0.05) is 23.2 Å². The van der Waals surface area contributed by atoms with Gasteiger partial charge < -0.3 is 23.5 Å². The molecule has 1 aliphatic rings. The number of carbonyl (C=O) groups excluding carboxylic acids is 1. The second-order valence-corrected chi connectivity index (χ2v) is 7.73. The fourth-order valence-corrected chi connectivity index (χ4v) is 3.48. The van der Waals surface area contributed by atoms with Crippen LogP contribution in [-0.2, 0) is 11.3 Å². The van der Waals surface area contributed by atoms with Crippen LogP contribution >= 0.6 is 34.8 Å². The molecule has 2 aromatic heterocycles. The van der Waals surface area contributed by atoms with Crippen LogP contribution in [0.4, 0.5) is 5.82 Å². The van der Waals surface area contributed by atoms with Crippen molar-refractivity contribution in [3.05, 3.63) is 51.2 Å². The Bertz CT molecular complexity index is 1080. The molecule has 1 amide bonds. The molecule has 0 fully saturated rings. The molecule has 3 heterocycles. The average molecular weight is 457 g/mol. The van der Waals surface area contributed by atoms with Gasteiger partial charge in [0, 0.05) is 19.7 Å². The SMILES string of the molecule is CN1COCN(C)c2nc(Cl)n(Cc3coc(-c4ccc(Cl)c(Cl)c4)n3)c2C1=O. The number of fused-ring (bicyclic) bond motifs is 1. The predicted octanol–water partition coefficient (Wildman–Crippen LogP) is 4.00. The minimum absolute atomic E-state index is 0.164. The molecule has 0 saturated heterocycles. The molecule has 0 spiro atoms. The maximum Gasteiger partial charge on any atom is 0.276 e. The lowest BCUT2D eigenvalue weighted by Gasteiger charge is -2.26. The average Bonchev–Trinajstić information content (AvgIpc) is 3.28. The van der Waals surface area contributed by atoms with Crippen molar-refractivity contribution in [3.8, 4) is 11.5 Å². The van der Waals surface area contributed by atoms with E-state index >= 15 is 0 Å². The predicted molar refractivity (Wildman–Crippen MR) is 110 cm³/mol. The van der Waals surface area contributed by atoms with E-state index in [1.807, 2.05) is 0 Å². The molecule has 0 radical (unpaired) electrons. The van der Waals surface area contributed by atoms with Crippen molar-refractivity contribution in [2.24, 2.45) is 0 Å². The van der Waals surface area contributed by atoms with Crippen molar-refractivity contribution in [1.82, 2.24) is 19.4 Å². The van der Waals surface area contributed by atoms with Crippen LogP contribution in [0.1, 0.15) is 16.2 Å². The summed E-state index contributed by atoms with van der Waals surface area (Å²) in [7, 11) is 3.44. The monoisotopic (exact) mass is 455 g/mol. The summed E-state index contributed by atoms with van der Waals surface area (Å²) in [4.78, 5) is 24.9. The van der Waals surface area contributed by atoms with Gasteiger partial charge >= 0.3 is 0 Å². The van der Waals surface area contributed by atoms with E-state index in [2.05, 4.69) is 9.97 Å². The van der Waals surface area contributed by atoms with Crippen molar-refractivity contribution < 1.29 is 13.9 Å². The molecule has 1 aromatic carbocycles. The van der Waals surface area contributed by atoms with Gasteiger partial charge in [-0.15, -0.1) is 0 Å². The van der Waals surface area contributed by atoms with E-state index in [1.165, 1.54) is 11.2 Å². The second kappa shape index (κ2) is 7.87. The second-order valence-electron chi connectivity index (χ2n) is 6.58. The fraction of sp³-hybridized carbons (Fsp3) is 0.278. The Hall–Kier alpha value is -2.26. The van der Waals surface area contributed by atoms with E-state index in [0.29, 0.717) is 38.7 Å². The van der Waals surface area contributed by atoms with Crippen molar-refractivity contribution in [1.29, 1.82) is 0 Å². The van der Waals surface area contributed by atoms with Gasteiger partial charge in [0.15, 0.2) is 11.5 Å². The molecule has 0 atom stereocenters. The molecule has 0 N–H and O–H groups in total. The van der Waals surface area contributed by atoms with Crippen LogP contribution in [0.25, 0.3) is 11.5 Å². The summed E-state index contributed by atoms with van der Waals surface area (Å²) < 4.78 is 12.6. The van der Waals surface area contributed by atoms with Gasteiger partial charge in [0.1, 0.15) is 19.7 Å². The van der Waals surface area contributed by atoms with Crippen LogP contribution in [0.3, 0.4) is 0 Å². The molecule has 29 heavy (non-hydrogen) atoms. The Balaban J connectivity index is 1.69. The molecule has 0 saturated carbocycles. The molecule has 3 aromatic rings. The first kappa shape index (κ1) is 20.0. The highest BCUT2D eigenvalue weighted by atomic mass is 35.5. The van der Waals surface area contributed by atoms with E-state index in [9.17, 15) is 4.79 Å². The summed E-state index contributed by atoms with van der Waals surface area (Å²) >= 11 is 18.4. The number of benzene rings is 1. The Morgan fingerprint density at radius 3 is 2.59 bits per heavy atom. The summed E-state index contributed by atoms with van der Waals surface area (Å²) in [5, 5.41) is 1.02. The number of anilines is 1. The zero-order chi connectivity index (χ0) is 20.7. The number of aromatic nitrogens is 3. The number of hydrogen-bond acceptors (Lipinski definition) is 6. The lowest BCUT2D eigenvalue weighted by atomic mass is 10.2. The standard InChI is InChI=1S/C18H16Cl3N5O3/c1-24-8-28-9-25(2)17(27)14-15(24)23-18(21)26(14)6-11-7-29-16(22-11)10-3-4-12(19)13(20)5-10/h3-5,7H,6,8-9H2,1-2H3. The van der Waals surface area contributed by atoms with Gasteiger partial charge in [0.25, 0.3) is 5.91 Å². The van der Waals surface area contributed by atoms with Crippen molar-refractivity contribution >= 4 is 46.5 Å². The third-order valence-electron chi connectivity index (χ3n) is 4.42. The highest BCUT2D eigenvalue weighted by Crippen LogP contribution is 2.30. The van der Waals surface area contributed by atoms with Gasteiger partial charge in [0.2, 0.25) is 11.2 Å². The maximum absolute atomic E-state index is 12.9. The molecular formula is C18H16Cl3N5O3. The van der Waals surface area contributed by atoms with Gasteiger partial charge in [-0.05, 0) is 29.8 Å². The van der Waals surface area contributed by atoms with Gasteiger partial charge in [0.05, 0.1) is 22.3 Å². The number of ether oxygens (including phenoxy) is 1. The van der Waals surface area contributed by atoms with Gasteiger partial charge in [-0.25, -0.2) is 4.98 Å². The summed E-state index contributed by atoms with van der Waals surface area (Å²) in [6.07, 6.45) is 1.50. The minimum Gasteiger partial charge on any atom is -0.444 e. The number of carbonyl (C=O) groups is 1. The molecule has 11 heteroatoms. The Labute approximate surface area is 181 Å². The zero-order valence-electron chi connectivity index (χ0n) is 15.5. The Morgan fingerprint density at radius 2 is 1.83 bits per heavy atom. The lowest BCUT2D eigenvalue weighted by molar-refractivity contribution is 0.0312. The van der Waals surface area contributed by atoms with Crippen LogP contribution in [0.15, 0.2) is 28.9 Å². The van der Waals surface area contributed by atoms with Crippen LogP contribution < -0.4 is 4.90 Å². The van der Waals surface area contributed by atoms with Crippen LogP contribution in [0.2, 0.25) is 15.3 Å². The number of oxazole rings is 1. The lowest BCUT2D eigenvalue weighted by Crippen LogP contribution is -2.37. The number of imidazole rings is 1. The highest BCUT2D eigenvalue weighted by molar-refractivity contribution is 6.42. The molecule has 0 bridgehead atoms. The number of rotatable bonds is 3. The third-order valence-corrected chi connectivity index (χ3v) is 5.45. The van der Waals surface area contributed by atoms with Crippen molar-refractivity contribution in [3.63, 3.8) is 0 Å². The Kier molecular flexibility index (Phi) is 5.44. The van der Waals surface area contributed by atoms with Gasteiger partial charge in [-0.2, -0.15) is 4.98 Å². The normalized spacial score (nSPS) is 14.7. The summed E-state index contributed by atoms with van der Waals surface area (Å²) in [6.45, 7) is 0.653. The first-order valence-electron chi connectivity index (χ1n) is 8.55. The van der Waals surface area contributed by atoms with Gasteiger partial charge in [-0.3, -0.25) is 4.79 Å². The number of amides is 1. The molecule has 152 valence electrons. The molecular weight excluding hydrogens is 441 g/mol. The third kappa shape index (κ3) is 3.81. The van der Waals surface area contributed by atoms with Crippen molar-refractivity contribution in [2.75, 3.05) is 32.5 Å². The zero-order valence-corrected chi connectivity index (χ0v) is 17.8. The molecule has 1 aliphatic heterocycles. The quantitative estimate of drug-likeness (QED) is 0.593. The van der Waals surface area contributed by atoms with Crippen molar-refractivity contribution in [2.45, 2.75) is 6.54 Å². The van der Waals surface area contributed by atoms with E-state index in [-0.39, 0.29) is 31.2 Å². The largest absolute Gasteiger partial charge is 0.444 e. The molecule has 4 rings (SSSR count). The number of halogens is 3. The van der Waals surface area contributed by atoms with Crippen LogP contribution in [0.5, 0.6) is 0 Å². The molecule has 0 aliphatic carbocycles. The maximum atomic E-state index is 12.9. The highest BCUT2D eigenvalue weighted by Gasteiger charge is 2.29.